The summed E-state index contributed by atoms with van der Waals surface area (Å²) in [7, 11) is 0. The van der Waals surface area contributed by atoms with E-state index >= 15 is 0 Å². The molecule has 1 saturated heterocycles. The number of hydrogen-bond donors (Lipinski definition) is 0. The number of Topliss-reactive ketones (excluding diaryl/α,β-unsaturated/α-hetero) is 1. The van der Waals surface area contributed by atoms with Gasteiger partial charge in [0.25, 0.3) is 5.91 Å². The zero-order chi connectivity index (χ0) is 17.4. The number of carbonyl (C=O) groups excluding carboxylic acids is 2. The molecule has 0 aromatic heterocycles. The van der Waals surface area contributed by atoms with Gasteiger partial charge in [0.15, 0.2) is 5.78 Å². The molecule has 0 saturated carbocycles. The van der Waals surface area contributed by atoms with Gasteiger partial charge < -0.3 is 9.64 Å². The third kappa shape index (κ3) is 3.02. The van der Waals surface area contributed by atoms with Crippen LogP contribution in [0.4, 0.5) is 0 Å². The zero-order valence-corrected chi connectivity index (χ0v) is 14.5. The highest BCUT2D eigenvalue weighted by molar-refractivity contribution is 6.30. The number of likely N-dealkylation sites (tertiary alicyclic amines) is 1. The Balaban J connectivity index is 1.50. The maximum absolute atomic E-state index is 12.6. The summed E-state index contributed by atoms with van der Waals surface area (Å²) in [5.41, 5.74) is 0.761. The van der Waals surface area contributed by atoms with Crippen LogP contribution in [0.2, 0.25) is 5.02 Å². The zero-order valence-electron chi connectivity index (χ0n) is 13.7. The number of piperidine rings is 1. The van der Waals surface area contributed by atoms with Crippen LogP contribution in [0.15, 0.2) is 48.5 Å². The summed E-state index contributed by atoms with van der Waals surface area (Å²) in [5.74, 6) is 0.674. The number of ketones is 1. The van der Waals surface area contributed by atoms with E-state index in [4.69, 9.17) is 16.3 Å². The van der Waals surface area contributed by atoms with E-state index in [1.807, 2.05) is 35.2 Å². The van der Waals surface area contributed by atoms with Crippen molar-refractivity contribution in [1.29, 1.82) is 0 Å². The van der Waals surface area contributed by atoms with E-state index in [9.17, 15) is 9.59 Å². The van der Waals surface area contributed by atoms with Crippen molar-refractivity contribution in [3.63, 3.8) is 0 Å². The first-order valence-corrected chi connectivity index (χ1v) is 8.80. The van der Waals surface area contributed by atoms with Crippen molar-refractivity contribution in [2.75, 3.05) is 13.1 Å². The summed E-state index contributed by atoms with van der Waals surface area (Å²) < 4.78 is 6.20. The molecule has 0 bridgehead atoms. The van der Waals surface area contributed by atoms with Gasteiger partial charge in [0, 0.05) is 36.5 Å². The third-order valence-corrected chi connectivity index (χ3v) is 5.27. The molecule has 0 N–H and O–H groups in total. The predicted molar refractivity (Wildman–Crippen MR) is 95.3 cm³/mol. The Labute approximate surface area is 151 Å². The van der Waals surface area contributed by atoms with Crippen LogP contribution >= 0.6 is 11.6 Å². The lowest BCUT2D eigenvalue weighted by Gasteiger charge is -2.44. The second-order valence-electron chi connectivity index (χ2n) is 6.68. The molecule has 5 heteroatoms. The summed E-state index contributed by atoms with van der Waals surface area (Å²) in [6.07, 6.45) is 1.64. The van der Waals surface area contributed by atoms with Gasteiger partial charge in [0.1, 0.15) is 11.4 Å². The average Bonchev–Trinajstić information content (AvgIpc) is 2.62. The molecule has 4 rings (SSSR count). The minimum absolute atomic E-state index is 0.0287. The fourth-order valence-electron chi connectivity index (χ4n) is 3.63. The topological polar surface area (TPSA) is 46.6 Å². The number of nitrogens with zero attached hydrogens (tertiary/aromatic N) is 1. The van der Waals surface area contributed by atoms with Gasteiger partial charge in [-0.3, -0.25) is 9.59 Å². The normalized spacial score (nSPS) is 18.6. The van der Waals surface area contributed by atoms with Crippen LogP contribution < -0.4 is 4.74 Å². The molecule has 1 fully saturated rings. The van der Waals surface area contributed by atoms with Gasteiger partial charge in [-0.15, -0.1) is 0 Å². The summed E-state index contributed by atoms with van der Waals surface area (Å²) in [5, 5.41) is 0.556. The molecule has 25 heavy (non-hydrogen) atoms. The molecule has 4 nitrogen and oxygen atoms in total. The fourth-order valence-corrected chi connectivity index (χ4v) is 3.79. The lowest BCUT2D eigenvalue weighted by atomic mass is 9.82. The Morgan fingerprint density at radius 1 is 1.08 bits per heavy atom. The van der Waals surface area contributed by atoms with E-state index < -0.39 is 5.60 Å². The molecular formula is C20H18ClNO3. The van der Waals surface area contributed by atoms with E-state index in [1.54, 1.807) is 18.2 Å². The van der Waals surface area contributed by atoms with Crippen molar-refractivity contribution < 1.29 is 14.3 Å². The molecule has 0 radical (unpaired) electrons. The Morgan fingerprint density at radius 3 is 2.52 bits per heavy atom. The Kier molecular flexibility index (Phi) is 4.00. The van der Waals surface area contributed by atoms with Crippen LogP contribution in [0, 0.1) is 0 Å². The largest absolute Gasteiger partial charge is 0.486 e. The Bertz CT molecular complexity index is 826. The maximum atomic E-state index is 12.6. The van der Waals surface area contributed by atoms with Crippen LogP contribution in [0.25, 0.3) is 0 Å². The summed E-state index contributed by atoms with van der Waals surface area (Å²) >= 11 is 6.04. The maximum Gasteiger partial charge on any atom is 0.253 e. The van der Waals surface area contributed by atoms with Gasteiger partial charge >= 0.3 is 0 Å². The number of fused-ring (bicyclic) bond motifs is 1. The molecule has 128 valence electrons. The number of rotatable bonds is 1. The van der Waals surface area contributed by atoms with Crippen LogP contribution in [-0.4, -0.2) is 35.3 Å². The molecule has 1 amide bonds. The molecule has 0 unspecified atom stereocenters. The van der Waals surface area contributed by atoms with Crippen LogP contribution in [0.3, 0.4) is 0 Å². The second-order valence-corrected chi connectivity index (χ2v) is 7.12. The van der Waals surface area contributed by atoms with Gasteiger partial charge in [-0.05, 0) is 30.3 Å². The highest BCUT2D eigenvalue weighted by Gasteiger charge is 2.43. The van der Waals surface area contributed by atoms with Crippen molar-refractivity contribution >= 4 is 23.3 Å². The second kappa shape index (κ2) is 6.19. The SMILES string of the molecule is O=C1CC2(CCN(C(=O)c3ccccc3)CC2)Oc2cc(Cl)ccc21. The summed E-state index contributed by atoms with van der Waals surface area (Å²) in [6.45, 7) is 1.16. The van der Waals surface area contributed by atoms with E-state index in [2.05, 4.69) is 0 Å². The fraction of sp³-hybridized carbons (Fsp3) is 0.300. The first-order chi connectivity index (χ1) is 12.1. The monoisotopic (exact) mass is 355 g/mol. The minimum atomic E-state index is -0.526. The van der Waals surface area contributed by atoms with Gasteiger partial charge in [0.05, 0.1) is 12.0 Å². The van der Waals surface area contributed by atoms with Crippen molar-refractivity contribution in [1.82, 2.24) is 4.90 Å². The molecule has 1 spiro atoms. The van der Waals surface area contributed by atoms with Gasteiger partial charge in [-0.1, -0.05) is 29.8 Å². The number of halogens is 1. The van der Waals surface area contributed by atoms with Crippen LogP contribution in [-0.2, 0) is 0 Å². The number of benzene rings is 2. The van der Waals surface area contributed by atoms with Crippen molar-refractivity contribution in [3.05, 3.63) is 64.7 Å². The predicted octanol–water partition coefficient (Wildman–Crippen LogP) is 3.98. The van der Waals surface area contributed by atoms with Crippen LogP contribution in [0.1, 0.15) is 40.0 Å². The number of carbonyl (C=O) groups is 2. The highest BCUT2D eigenvalue weighted by Crippen LogP contribution is 2.40. The standard InChI is InChI=1S/C20H18ClNO3/c21-15-6-7-16-17(23)13-20(25-18(16)12-15)8-10-22(11-9-20)19(24)14-4-2-1-3-5-14/h1-7,12H,8-11,13H2. The average molecular weight is 356 g/mol. The van der Waals surface area contributed by atoms with E-state index in [0.29, 0.717) is 54.3 Å². The Morgan fingerprint density at radius 2 is 1.80 bits per heavy atom. The molecule has 2 aliphatic rings. The molecule has 2 aromatic carbocycles. The molecular weight excluding hydrogens is 338 g/mol. The first kappa shape index (κ1) is 16.2. The van der Waals surface area contributed by atoms with Crippen molar-refractivity contribution in [2.45, 2.75) is 24.9 Å². The highest BCUT2D eigenvalue weighted by atomic mass is 35.5. The number of hydrogen-bond acceptors (Lipinski definition) is 3. The molecule has 2 aromatic rings. The van der Waals surface area contributed by atoms with E-state index in [-0.39, 0.29) is 11.7 Å². The van der Waals surface area contributed by atoms with Gasteiger partial charge in [-0.25, -0.2) is 0 Å². The summed E-state index contributed by atoms with van der Waals surface area (Å²) in [6, 6.07) is 14.4. The quantitative estimate of drug-likeness (QED) is 0.777. The smallest absolute Gasteiger partial charge is 0.253 e. The molecule has 2 heterocycles. The van der Waals surface area contributed by atoms with Crippen molar-refractivity contribution in [3.8, 4) is 5.75 Å². The van der Waals surface area contributed by atoms with Gasteiger partial charge in [0.2, 0.25) is 0 Å². The number of amides is 1. The minimum Gasteiger partial charge on any atom is -0.486 e. The van der Waals surface area contributed by atoms with E-state index in [0.717, 1.165) is 0 Å². The Hall–Kier alpha value is -2.33. The van der Waals surface area contributed by atoms with Crippen LogP contribution in [0.5, 0.6) is 5.75 Å². The lowest BCUT2D eigenvalue weighted by molar-refractivity contribution is -0.00569. The van der Waals surface area contributed by atoms with E-state index in [1.165, 1.54) is 0 Å². The summed E-state index contributed by atoms with van der Waals surface area (Å²) in [4.78, 5) is 26.9. The first-order valence-electron chi connectivity index (χ1n) is 8.42. The molecule has 2 aliphatic heterocycles. The third-order valence-electron chi connectivity index (χ3n) is 5.04. The lowest BCUT2D eigenvalue weighted by Crippen LogP contribution is -2.52. The van der Waals surface area contributed by atoms with Gasteiger partial charge in [-0.2, -0.15) is 0 Å². The van der Waals surface area contributed by atoms with Crippen molar-refractivity contribution in [2.24, 2.45) is 0 Å². The molecule has 0 aliphatic carbocycles. The molecule has 0 atom stereocenters. The number of ether oxygens (including phenoxy) is 1.